The van der Waals surface area contributed by atoms with Gasteiger partial charge in [0.25, 0.3) is 5.56 Å². The van der Waals surface area contributed by atoms with Crippen LogP contribution in [0.4, 0.5) is 0 Å². The fourth-order valence-electron chi connectivity index (χ4n) is 3.80. The lowest BCUT2D eigenvalue weighted by atomic mass is 9.86. The van der Waals surface area contributed by atoms with E-state index in [0.29, 0.717) is 19.0 Å². The van der Waals surface area contributed by atoms with E-state index in [2.05, 4.69) is 12.2 Å². The molecule has 1 aromatic heterocycles. The lowest BCUT2D eigenvalue weighted by Gasteiger charge is -2.29. The predicted molar refractivity (Wildman–Crippen MR) is 98.3 cm³/mol. The van der Waals surface area contributed by atoms with Gasteiger partial charge in [-0.1, -0.05) is 19.8 Å². The van der Waals surface area contributed by atoms with Crippen molar-refractivity contribution >= 4 is 15.9 Å². The number of rotatable bonds is 5. The Kier molecular flexibility index (Phi) is 5.82. The number of carbonyl (C=O) groups is 1. The number of aromatic nitrogens is 1. The first kappa shape index (κ1) is 19.1. The molecule has 2 heterocycles. The normalized spacial score (nSPS) is 24.5. The summed E-state index contributed by atoms with van der Waals surface area (Å²) in [6, 6.07) is 2.68. The smallest absolute Gasteiger partial charge is 0.251 e. The highest BCUT2D eigenvalue weighted by Crippen LogP contribution is 2.23. The van der Waals surface area contributed by atoms with Crippen LogP contribution in [0.3, 0.4) is 0 Å². The Morgan fingerprint density at radius 3 is 2.54 bits per heavy atom. The molecular formula is C18H27N3O4S. The summed E-state index contributed by atoms with van der Waals surface area (Å²) in [4.78, 5) is 24.5. The Hall–Kier alpha value is -1.67. The van der Waals surface area contributed by atoms with Crippen LogP contribution in [0.15, 0.2) is 28.0 Å². The Morgan fingerprint density at radius 2 is 1.85 bits per heavy atom. The molecule has 1 N–H and O–H groups in total. The molecule has 26 heavy (non-hydrogen) atoms. The van der Waals surface area contributed by atoms with Gasteiger partial charge in [-0.15, -0.1) is 0 Å². The molecule has 1 aliphatic carbocycles. The summed E-state index contributed by atoms with van der Waals surface area (Å²) in [6.07, 6.45) is 7.31. The Morgan fingerprint density at radius 1 is 1.15 bits per heavy atom. The summed E-state index contributed by atoms with van der Waals surface area (Å²) in [5.41, 5.74) is -0.378. The van der Waals surface area contributed by atoms with Crippen LogP contribution in [-0.2, 0) is 21.4 Å². The minimum absolute atomic E-state index is 0.0674. The third-order valence-corrected chi connectivity index (χ3v) is 7.31. The van der Waals surface area contributed by atoms with Gasteiger partial charge in [-0.3, -0.25) is 9.59 Å². The van der Waals surface area contributed by atoms with Crippen molar-refractivity contribution in [1.82, 2.24) is 14.2 Å². The molecule has 8 heteroatoms. The molecule has 0 aromatic carbocycles. The number of amides is 1. The first-order valence-corrected chi connectivity index (χ1v) is 10.8. The monoisotopic (exact) mass is 381 g/mol. The lowest BCUT2D eigenvalue weighted by molar-refractivity contribution is -0.123. The van der Waals surface area contributed by atoms with Gasteiger partial charge in [0.05, 0.1) is 4.90 Å². The maximum Gasteiger partial charge on any atom is 0.251 e. The summed E-state index contributed by atoms with van der Waals surface area (Å²) in [6.45, 7) is 2.97. The summed E-state index contributed by atoms with van der Waals surface area (Å²) < 4.78 is 27.9. The van der Waals surface area contributed by atoms with Crippen LogP contribution in [-0.4, -0.2) is 42.3 Å². The molecule has 2 aliphatic rings. The molecule has 1 aliphatic heterocycles. The Balaban J connectivity index is 1.73. The van der Waals surface area contributed by atoms with Crippen LogP contribution in [0.25, 0.3) is 0 Å². The molecule has 0 radical (unpaired) electrons. The molecule has 2 atom stereocenters. The maximum atomic E-state index is 12.7. The summed E-state index contributed by atoms with van der Waals surface area (Å²) in [7, 11) is -3.61. The second-order valence-electron chi connectivity index (χ2n) is 7.38. The highest BCUT2D eigenvalue weighted by Gasteiger charge is 2.28. The second-order valence-corrected chi connectivity index (χ2v) is 9.32. The topological polar surface area (TPSA) is 88.5 Å². The van der Waals surface area contributed by atoms with Crippen LogP contribution in [0.2, 0.25) is 0 Å². The maximum absolute atomic E-state index is 12.7. The van der Waals surface area contributed by atoms with Gasteiger partial charge in [0.1, 0.15) is 6.54 Å². The van der Waals surface area contributed by atoms with Gasteiger partial charge in [0.2, 0.25) is 15.9 Å². The number of sulfonamides is 1. The van der Waals surface area contributed by atoms with Gasteiger partial charge < -0.3 is 9.88 Å². The van der Waals surface area contributed by atoms with E-state index < -0.39 is 10.0 Å². The van der Waals surface area contributed by atoms with Crippen molar-refractivity contribution in [3.8, 4) is 0 Å². The molecule has 3 rings (SSSR count). The highest BCUT2D eigenvalue weighted by atomic mass is 32.2. The van der Waals surface area contributed by atoms with Crippen molar-refractivity contribution in [2.24, 2.45) is 5.92 Å². The minimum atomic E-state index is -3.61. The van der Waals surface area contributed by atoms with Crippen molar-refractivity contribution < 1.29 is 13.2 Å². The quantitative estimate of drug-likeness (QED) is 0.833. The number of nitrogens with zero attached hydrogens (tertiary/aromatic N) is 2. The number of pyridine rings is 1. The van der Waals surface area contributed by atoms with Crippen molar-refractivity contribution in [3.63, 3.8) is 0 Å². The van der Waals surface area contributed by atoms with E-state index in [1.54, 1.807) is 0 Å². The van der Waals surface area contributed by atoms with E-state index in [4.69, 9.17) is 0 Å². The molecule has 7 nitrogen and oxygen atoms in total. The Labute approximate surface area is 154 Å². The number of hydrogen-bond donors (Lipinski definition) is 1. The van der Waals surface area contributed by atoms with E-state index in [1.807, 2.05) is 0 Å². The third-order valence-electron chi connectivity index (χ3n) is 5.43. The standard InChI is InChI=1S/C18H27N3O4S/c1-14-6-2-3-7-16(14)19-17(22)13-20-12-15(8-9-18(20)23)26(24,25)21-10-4-5-11-21/h8-9,12,14,16H,2-7,10-11,13H2,1H3,(H,19,22). The van der Waals surface area contributed by atoms with Crippen LogP contribution < -0.4 is 10.9 Å². The van der Waals surface area contributed by atoms with Crippen LogP contribution in [0.1, 0.15) is 45.4 Å². The van der Waals surface area contributed by atoms with Crippen LogP contribution >= 0.6 is 0 Å². The second kappa shape index (κ2) is 7.92. The van der Waals surface area contributed by atoms with Crippen molar-refractivity contribution in [2.75, 3.05) is 13.1 Å². The molecule has 1 saturated heterocycles. The number of carbonyl (C=O) groups excluding carboxylic acids is 1. The predicted octanol–water partition coefficient (Wildman–Crippen LogP) is 1.33. The molecule has 0 spiro atoms. The molecule has 1 amide bonds. The van der Waals surface area contributed by atoms with Gasteiger partial charge in [0.15, 0.2) is 0 Å². The molecule has 1 saturated carbocycles. The van der Waals surface area contributed by atoms with Crippen molar-refractivity contribution in [1.29, 1.82) is 0 Å². The lowest BCUT2D eigenvalue weighted by Crippen LogP contribution is -2.43. The first-order valence-electron chi connectivity index (χ1n) is 9.38. The molecule has 144 valence electrons. The fraction of sp³-hybridized carbons (Fsp3) is 0.667. The van der Waals surface area contributed by atoms with E-state index in [1.165, 1.54) is 33.6 Å². The van der Waals surface area contributed by atoms with E-state index in [-0.39, 0.29) is 28.9 Å². The van der Waals surface area contributed by atoms with Crippen LogP contribution in [0, 0.1) is 5.92 Å². The average Bonchev–Trinajstić information content (AvgIpc) is 3.14. The van der Waals surface area contributed by atoms with E-state index in [9.17, 15) is 18.0 Å². The van der Waals surface area contributed by atoms with Gasteiger partial charge >= 0.3 is 0 Å². The first-order chi connectivity index (χ1) is 12.4. The van der Waals surface area contributed by atoms with Crippen molar-refractivity contribution in [3.05, 3.63) is 28.7 Å². The molecule has 2 fully saturated rings. The third kappa shape index (κ3) is 4.17. The highest BCUT2D eigenvalue weighted by molar-refractivity contribution is 7.89. The van der Waals surface area contributed by atoms with Crippen molar-refractivity contribution in [2.45, 2.75) is 62.9 Å². The molecule has 2 unspecified atom stereocenters. The molecule has 1 aromatic rings. The summed E-state index contributed by atoms with van der Waals surface area (Å²) >= 11 is 0. The summed E-state index contributed by atoms with van der Waals surface area (Å²) in [5.74, 6) is 0.174. The zero-order valence-electron chi connectivity index (χ0n) is 15.2. The zero-order valence-corrected chi connectivity index (χ0v) is 16.0. The molecular weight excluding hydrogens is 354 g/mol. The largest absolute Gasteiger partial charge is 0.352 e. The fourth-order valence-corrected chi connectivity index (χ4v) is 5.34. The van der Waals surface area contributed by atoms with Crippen LogP contribution in [0.5, 0.6) is 0 Å². The number of nitrogens with one attached hydrogen (secondary N) is 1. The van der Waals surface area contributed by atoms with E-state index in [0.717, 1.165) is 32.1 Å². The SMILES string of the molecule is CC1CCCCC1NC(=O)Cn1cc(S(=O)(=O)N2CCCC2)ccc1=O. The summed E-state index contributed by atoms with van der Waals surface area (Å²) in [5, 5.41) is 3.00. The Bertz CT molecular complexity index is 812. The van der Waals surface area contributed by atoms with Gasteiger partial charge in [-0.25, -0.2) is 8.42 Å². The van der Waals surface area contributed by atoms with E-state index >= 15 is 0 Å². The zero-order chi connectivity index (χ0) is 18.7. The number of hydrogen-bond acceptors (Lipinski definition) is 4. The molecule has 0 bridgehead atoms. The average molecular weight is 381 g/mol. The minimum Gasteiger partial charge on any atom is -0.352 e. The van der Waals surface area contributed by atoms with Gasteiger partial charge in [0, 0.05) is 31.4 Å². The van der Waals surface area contributed by atoms with Gasteiger partial charge in [-0.05, 0) is 37.7 Å². The van der Waals surface area contributed by atoms with Gasteiger partial charge in [-0.2, -0.15) is 4.31 Å².